The molecule has 1 heterocycles. The average molecular weight is 290 g/mol. The van der Waals surface area contributed by atoms with E-state index in [0.717, 1.165) is 5.56 Å². The highest BCUT2D eigenvalue weighted by Crippen LogP contribution is 2.30. The van der Waals surface area contributed by atoms with Crippen molar-refractivity contribution in [2.45, 2.75) is 25.4 Å². The van der Waals surface area contributed by atoms with Crippen molar-refractivity contribution in [3.05, 3.63) is 47.8 Å². The lowest BCUT2D eigenvalue weighted by Crippen LogP contribution is -2.15. The Labute approximate surface area is 122 Å². The lowest BCUT2D eigenvalue weighted by molar-refractivity contribution is 0.407. The van der Waals surface area contributed by atoms with Gasteiger partial charge in [0.25, 0.3) is 0 Å². The van der Waals surface area contributed by atoms with Crippen LogP contribution in [-0.2, 0) is 6.54 Å². The standard InChI is InChI=1S/C16H16F2N2O/c1-21-13-5-14(17)16(15(18)6-13)11-4-10(7-19-9-11)8-20-12-2-3-12/h4-7,9,12,20H,2-3,8H2,1H3. The second-order valence-corrected chi connectivity index (χ2v) is 5.20. The molecule has 0 saturated heterocycles. The maximum absolute atomic E-state index is 14.1. The van der Waals surface area contributed by atoms with E-state index in [0.29, 0.717) is 18.2 Å². The van der Waals surface area contributed by atoms with Crippen molar-refractivity contribution in [3.63, 3.8) is 0 Å². The molecule has 1 fully saturated rings. The van der Waals surface area contributed by atoms with Gasteiger partial charge in [-0.2, -0.15) is 0 Å². The molecular weight excluding hydrogens is 274 g/mol. The Bertz CT molecular complexity index is 633. The van der Waals surface area contributed by atoms with Gasteiger partial charge in [0.05, 0.1) is 12.7 Å². The topological polar surface area (TPSA) is 34.1 Å². The van der Waals surface area contributed by atoms with Crippen LogP contribution >= 0.6 is 0 Å². The molecule has 3 nitrogen and oxygen atoms in total. The van der Waals surface area contributed by atoms with Crippen LogP contribution in [0, 0.1) is 11.6 Å². The molecule has 1 aliphatic carbocycles. The van der Waals surface area contributed by atoms with Crippen molar-refractivity contribution in [3.8, 4) is 16.9 Å². The van der Waals surface area contributed by atoms with E-state index in [4.69, 9.17) is 4.74 Å². The number of rotatable bonds is 5. The van der Waals surface area contributed by atoms with Crippen molar-refractivity contribution in [1.82, 2.24) is 10.3 Å². The van der Waals surface area contributed by atoms with E-state index in [1.165, 1.54) is 38.3 Å². The number of hydrogen-bond acceptors (Lipinski definition) is 3. The third kappa shape index (κ3) is 3.19. The van der Waals surface area contributed by atoms with Crippen LogP contribution in [-0.4, -0.2) is 18.1 Å². The molecule has 3 rings (SSSR count). The first-order valence-corrected chi connectivity index (χ1v) is 6.88. The second-order valence-electron chi connectivity index (χ2n) is 5.20. The van der Waals surface area contributed by atoms with E-state index in [-0.39, 0.29) is 11.3 Å². The minimum absolute atomic E-state index is 0.0726. The maximum atomic E-state index is 14.1. The van der Waals surface area contributed by atoms with Crippen molar-refractivity contribution in [2.24, 2.45) is 0 Å². The smallest absolute Gasteiger partial charge is 0.137 e. The molecule has 1 aliphatic rings. The van der Waals surface area contributed by atoms with Gasteiger partial charge >= 0.3 is 0 Å². The Morgan fingerprint density at radius 2 is 1.90 bits per heavy atom. The highest BCUT2D eigenvalue weighted by atomic mass is 19.1. The van der Waals surface area contributed by atoms with E-state index in [2.05, 4.69) is 10.3 Å². The number of ether oxygens (including phenoxy) is 1. The summed E-state index contributed by atoms with van der Waals surface area (Å²) in [6, 6.07) is 4.68. The van der Waals surface area contributed by atoms with Crippen LogP contribution in [0.25, 0.3) is 11.1 Å². The highest BCUT2D eigenvalue weighted by molar-refractivity contribution is 5.65. The Hall–Kier alpha value is -2.01. The molecule has 1 saturated carbocycles. The molecule has 2 aromatic rings. The largest absolute Gasteiger partial charge is 0.497 e. The van der Waals surface area contributed by atoms with E-state index < -0.39 is 11.6 Å². The molecule has 0 atom stereocenters. The zero-order valence-corrected chi connectivity index (χ0v) is 11.7. The minimum atomic E-state index is -0.652. The van der Waals surface area contributed by atoms with Gasteiger partial charge < -0.3 is 10.1 Å². The van der Waals surface area contributed by atoms with Gasteiger partial charge in [0.1, 0.15) is 17.4 Å². The Kier molecular flexibility index (Phi) is 3.84. The molecule has 0 unspecified atom stereocenters. The molecule has 21 heavy (non-hydrogen) atoms. The van der Waals surface area contributed by atoms with Crippen LogP contribution < -0.4 is 10.1 Å². The first kappa shape index (κ1) is 13.9. The molecule has 110 valence electrons. The van der Waals surface area contributed by atoms with Gasteiger partial charge in [0.15, 0.2) is 0 Å². The summed E-state index contributed by atoms with van der Waals surface area (Å²) in [5, 5.41) is 3.35. The molecule has 0 radical (unpaired) electrons. The fourth-order valence-corrected chi connectivity index (χ4v) is 2.21. The fraction of sp³-hybridized carbons (Fsp3) is 0.312. The van der Waals surface area contributed by atoms with Gasteiger partial charge in [-0.3, -0.25) is 4.98 Å². The van der Waals surface area contributed by atoms with Crippen LogP contribution in [0.2, 0.25) is 0 Å². The molecule has 1 aromatic carbocycles. The second kappa shape index (κ2) is 5.77. The summed E-state index contributed by atoms with van der Waals surface area (Å²) in [6.45, 7) is 0.658. The molecule has 0 aliphatic heterocycles. The summed E-state index contributed by atoms with van der Waals surface area (Å²) in [5.41, 5.74) is 1.27. The summed E-state index contributed by atoms with van der Waals surface area (Å²) in [6.07, 6.45) is 5.55. The number of nitrogens with one attached hydrogen (secondary N) is 1. The maximum Gasteiger partial charge on any atom is 0.137 e. The lowest BCUT2D eigenvalue weighted by atomic mass is 10.0. The number of hydrogen-bond donors (Lipinski definition) is 1. The molecule has 0 spiro atoms. The highest BCUT2D eigenvalue weighted by Gasteiger charge is 2.20. The van der Waals surface area contributed by atoms with E-state index in [1.54, 1.807) is 12.3 Å². The van der Waals surface area contributed by atoms with Crippen LogP contribution in [0.5, 0.6) is 5.75 Å². The SMILES string of the molecule is COc1cc(F)c(-c2cncc(CNC3CC3)c2)c(F)c1. The van der Waals surface area contributed by atoms with E-state index in [9.17, 15) is 8.78 Å². The van der Waals surface area contributed by atoms with E-state index in [1.807, 2.05) is 0 Å². The Morgan fingerprint density at radius 3 is 2.52 bits per heavy atom. The summed E-state index contributed by atoms with van der Waals surface area (Å²) in [4.78, 5) is 4.08. The molecule has 0 amide bonds. The lowest BCUT2D eigenvalue weighted by Gasteiger charge is -2.09. The predicted octanol–water partition coefficient (Wildman–Crippen LogP) is 3.29. The minimum Gasteiger partial charge on any atom is -0.497 e. The van der Waals surface area contributed by atoms with Gasteiger partial charge in [-0.1, -0.05) is 0 Å². The van der Waals surface area contributed by atoms with Crippen molar-refractivity contribution >= 4 is 0 Å². The number of halogens is 2. The van der Waals surface area contributed by atoms with Gasteiger partial charge in [-0.05, 0) is 24.5 Å². The van der Waals surface area contributed by atoms with Crippen LogP contribution in [0.3, 0.4) is 0 Å². The van der Waals surface area contributed by atoms with Crippen LogP contribution in [0.4, 0.5) is 8.78 Å². The quantitative estimate of drug-likeness (QED) is 0.917. The number of methoxy groups -OCH3 is 1. The van der Waals surface area contributed by atoms with Crippen LogP contribution in [0.15, 0.2) is 30.6 Å². The van der Waals surface area contributed by atoms with E-state index >= 15 is 0 Å². The van der Waals surface area contributed by atoms with Crippen molar-refractivity contribution < 1.29 is 13.5 Å². The Balaban J connectivity index is 1.90. The van der Waals surface area contributed by atoms with Gasteiger partial charge in [0.2, 0.25) is 0 Å². The zero-order chi connectivity index (χ0) is 14.8. The molecular formula is C16H16F2N2O. The molecule has 0 bridgehead atoms. The fourth-order valence-electron chi connectivity index (χ4n) is 2.21. The molecule has 1 aromatic heterocycles. The molecule has 5 heteroatoms. The zero-order valence-electron chi connectivity index (χ0n) is 11.7. The third-order valence-electron chi connectivity index (χ3n) is 3.51. The third-order valence-corrected chi connectivity index (χ3v) is 3.51. The summed E-state index contributed by atoms with van der Waals surface area (Å²) in [7, 11) is 1.37. The summed E-state index contributed by atoms with van der Waals surface area (Å²) < 4.78 is 33.0. The normalized spacial score (nSPS) is 14.2. The van der Waals surface area contributed by atoms with Gasteiger partial charge in [-0.25, -0.2) is 8.78 Å². The first-order chi connectivity index (χ1) is 10.2. The molecule has 1 N–H and O–H groups in total. The predicted molar refractivity (Wildman–Crippen MR) is 76.0 cm³/mol. The number of pyridine rings is 1. The Morgan fingerprint density at radius 1 is 1.19 bits per heavy atom. The number of nitrogens with zero attached hydrogens (tertiary/aromatic N) is 1. The summed E-state index contributed by atoms with van der Waals surface area (Å²) in [5.74, 6) is -1.14. The summed E-state index contributed by atoms with van der Waals surface area (Å²) >= 11 is 0. The van der Waals surface area contributed by atoms with Crippen molar-refractivity contribution in [2.75, 3.05) is 7.11 Å². The average Bonchev–Trinajstić information content (AvgIpc) is 3.29. The van der Waals surface area contributed by atoms with Gasteiger partial charge in [-0.15, -0.1) is 0 Å². The van der Waals surface area contributed by atoms with Crippen LogP contribution in [0.1, 0.15) is 18.4 Å². The first-order valence-electron chi connectivity index (χ1n) is 6.88. The monoisotopic (exact) mass is 290 g/mol. The van der Waals surface area contributed by atoms with Gasteiger partial charge in [0, 0.05) is 42.7 Å². The van der Waals surface area contributed by atoms with Crippen molar-refractivity contribution in [1.29, 1.82) is 0 Å². The number of benzene rings is 1. The number of aromatic nitrogens is 1.